The van der Waals surface area contributed by atoms with Crippen LogP contribution in [0.2, 0.25) is 0 Å². The van der Waals surface area contributed by atoms with Crippen LogP contribution in [-0.2, 0) is 0 Å². The molecule has 1 aliphatic heterocycles. The molecular weight excluding hydrogens is 198 g/mol. The van der Waals surface area contributed by atoms with Crippen molar-refractivity contribution in [1.82, 2.24) is 15.1 Å². The van der Waals surface area contributed by atoms with Gasteiger partial charge in [0.25, 0.3) is 0 Å². The average molecular weight is 227 g/mol. The first-order chi connectivity index (χ1) is 7.54. The summed E-state index contributed by atoms with van der Waals surface area (Å²) in [4.78, 5) is 4.96. The summed E-state index contributed by atoms with van der Waals surface area (Å²) in [6.45, 7) is 8.21. The average Bonchev–Trinajstić information content (AvgIpc) is 2.23. The molecule has 1 fully saturated rings. The molecule has 16 heavy (non-hydrogen) atoms. The Bertz CT molecular complexity index is 194. The first-order valence-electron chi connectivity index (χ1n) is 6.60. The number of likely N-dealkylation sites (N-methyl/N-ethyl adjacent to an activating group) is 3. The first kappa shape index (κ1) is 13.9. The van der Waals surface area contributed by atoms with Crippen molar-refractivity contribution >= 4 is 0 Å². The fourth-order valence-corrected chi connectivity index (χ4v) is 2.52. The Morgan fingerprint density at radius 3 is 2.44 bits per heavy atom. The van der Waals surface area contributed by atoms with Crippen LogP contribution in [0.4, 0.5) is 0 Å². The Kier molecular flexibility index (Phi) is 5.73. The maximum atomic E-state index is 3.51. The predicted molar refractivity (Wildman–Crippen MR) is 70.8 cm³/mol. The maximum Gasteiger partial charge on any atom is 0.0373 e. The van der Waals surface area contributed by atoms with Gasteiger partial charge in [0, 0.05) is 31.7 Å². The summed E-state index contributed by atoms with van der Waals surface area (Å²) in [5.41, 5.74) is 0. The van der Waals surface area contributed by atoms with Crippen LogP contribution in [0.25, 0.3) is 0 Å². The molecule has 3 nitrogen and oxygen atoms in total. The van der Waals surface area contributed by atoms with Gasteiger partial charge in [-0.1, -0.05) is 13.8 Å². The molecule has 2 unspecified atom stereocenters. The second-order valence-electron chi connectivity index (χ2n) is 5.68. The third-order valence-corrected chi connectivity index (χ3v) is 3.79. The lowest BCUT2D eigenvalue weighted by atomic mass is 9.96. The fourth-order valence-electron chi connectivity index (χ4n) is 2.52. The summed E-state index contributed by atoms with van der Waals surface area (Å²) in [7, 11) is 6.60. The topological polar surface area (TPSA) is 18.5 Å². The molecule has 1 aliphatic rings. The lowest BCUT2D eigenvalue weighted by Gasteiger charge is -2.42. The number of nitrogens with one attached hydrogen (secondary N) is 1. The van der Waals surface area contributed by atoms with E-state index in [-0.39, 0.29) is 0 Å². The zero-order chi connectivity index (χ0) is 12.1. The molecule has 0 radical (unpaired) electrons. The number of hydrogen-bond donors (Lipinski definition) is 1. The minimum atomic E-state index is 0.634. The predicted octanol–water partition coefficient (Wildman–Crippen LogP) is 1.26. The highest BCUT2D eigenvalue weighted by molar-refractivity contribution is 4.88. The van der Waals surface area contributed by atoms with Crippen molar-refractivity contribution in [2.75, 3.05) is 40.8 Å². The van der Waals surface area contributed by atoms with Crippen molar-refractivity contribution in [3.63, 3.8) is 0 Å². The van der Waals surface area contributed by atoms with Gasteiger partial charge in [-0.15, -0.1) is 0 Å². The fraction of sp³-hybridized carbons (Fsp3) is 1.00. The van der Waals surface area contributed by atoms with Gasteiger partial charge in [-0.05, 0) is 39.9 Å². The summed E-state index contributed by atoms with van der Waals surface area (Å²) in [5.74, 6) is 0.808. The third kappa shape index (κ3) is 4.04. The van der Waals surface area contributed by atoms with Gasteiger partial charge in [0.1, 0.15) is 0 Å². The molecule has 2 atom stereocenters. The number of piperazine rings is 1. The van der Waals surface area contributed by atoms with E-state index in [2.05, 4.69) is 50.1 Å². The Morgan fingerprint density at radius 1 is 1.19 bits per heavy atom. The van der Waals surface area contributed by atoms with Crippen molar-refractivity contribution in [3.8, 4) is 0 Å². The molecule has 1 rings (SSSR count). The Morgan fingerprint density at radius 2 is 1.88 bits per heavy atom. The normalized spacial score (nSPS) is 26.2. The minimum Gasteiger partial charge on any atom is -0.315 e. The molecule has 0 aliphatic carbocycles. The highest BCUT2D eigenvalue weighted by Gasteiger charge is 2.28. The van der Waals surface area contributed by atoms with E-state index in [0.29, 0.717) is 12.1 Å². The van der Waals surface area contributed by atoms with E-state index in [4.69, 9.17) is 0 Å². The third-order valence-electron chi connectivity index (χ3n) is 3.79. The molecule has 0 aromatic rings. The zero-order valence-corrected chi connectivity index (χ0v) is 11.7. The summed E-state index contributed by atoms with van der Waals surface area (Å²) in [6, 6.07) is 1.30. The monoisotopic (exact) mass is 227 g/mol. The Balaban J connectivity index is 2.49. The SMILES string of the molecule is CNC(CCC(C)C)C1CN(C)CCN1C. The van der Waals surface area contributed by atoms with Crippen LogP contribution in [-0.4, -0.2) is 62.7 Å². The number of rotatable bonds is 5. The molecule has 1 N–H and O–H groups in total. The molecule has 3 heteroatoms. The van der Waals surface area contributed by atoms with E-state index < -0.39 is 0 Å². The molecule has 1 saturated heterocycles. The van der Waals surface area contributed by atoms with E-state index >= 15 is 0 Å². The molecule has 0 bridgehead atoms. The summed E-state index contributed by atoms with van der Waals surface area (Å²) >= 11 is 0. The van der Waals surface area contributed by atoms with Crippen LogP contribution in [0, 0.1) is 5.92 Å². The van der Waals surface area contributed by atoms with Crippen LogP contribution in [0.5, 0.6) is 0 Å². The molecule has 0 amide bonds. The lowest BCUT2D eigenvalue weighted by Crippen LogP contribution is -2.58. The molecule has 1 heterocycles. The van der Waals surface area contributed by atoms with Crippen molar-refractivity contribution < 1.29 is 0 Å². The van der Waals surface area contributed by atoms with E-state index in [1.165, 1.54) is 32.5 Å². The number of hydrogen-bond acceptors (Lipinski definition) is 3. The van der Waals surface area contributed by atoms with Gasteiger partial charge in [0.2, 0.25) is 0 Å². The van der Waals surface area contributed by atoms with Crippen LogP contribution in [0.15, 0.2) is 0 Å². The highest BCUT2D eigenvalue weighted by Crippen LogP contribution is 2.16. The van der Waals surface area contributed by atoms with Gasteiger partial charge in [0.15, 0.2) is 0 Å². The summed E-state index contributed by atoms with van der Waals surface area (Å²) in [5, 5.41) is 3.51. The molecule has 0 saturated carbocycles. The smallest absolute Gasteiger partial charge is 0.0373 e. The Hall–Kier alpha value is -0.120. The first-order valence-corrected chi connectivity index (χ1v) is 6.60. The molecular formula is C13H29N3. The summed E-state index contributed by atoms with van der Waals surface area (Å²) < 4.78 is 0. The van der Waals surface area contributed by atoms with Gasteiger partial charge in [-0.25, -0.2) is 0 Å². The van der Waals surface area contributed by atoms with E-state index in [1.54, 1.807) is 0 Å². The zero-order valence-electron chi connectivity index (χ0n) is 11.7. The number of nitrogens with zero attached hydrogens (tertiary/aromatic N) is 2. The maximum absolute atomic E-state index is 3.51. The van der Waals surface area contributed by atoms with E-state index in [1.807, 2.05) is 0 Å². The second-order valence-corrected chi connectivity index (χ2v) is 5.68. The largest absolute Gasteiger partial charge is 0.315 e. The second kappa shape index (κ2) is 6.58. The molecule has 0 aromatic carbocycles. The van der Waals surface area contributed by atoms with Crippen molar-refractivity contribution in [2.45, 2.75) is 38.8 Å². The van der Waals surface area contributed by atoms with Gasteiger partial charge in [-0.2, -0.15) is 0 Å². The van der Waals surface area contributed by atoms with Crippen molar-refractivity contribution in [3.05, 3.63) is 0 Å². The molecule has 0 aromatic heterocycles. The quantitative estimate of drug-likeness (QED) is 0.763. The minimum absolute atomic E-state index is 0.634. The summed E-state index contributed by atoms with van der Waals surface area (Å²) in [6.07, 6.45) is 2.61. The van der Waals surface area contributed by atoms with Gasteiger partial charge < -0.3 is 10.2 Å². The van der Waals surface area contributed by atoms with E-state index in [9.17, 15) is 0 Å². The van der Waals surface area contributed by atoms with Gasteiger partial charge in [-0.3, -0.25) is 4.90 Å². The van der Waals surface area contributed by atoms with Crippen LogP contribution < -0.4 is 5.32 Å². The lowest BCUT2D eigenvalue weighted by molar-refractivity contribution is 0.0858. The standard InChI is InChI=1S/C13H29N3/c1-11(2)6-7-12(14-3)13-10-15(4)8-9-16(13)5/h11-14H,6-10H2,1-5H3. The van der Waals surface area contributed by atoms with Crippen molar-refractivity contribution in [2.24, 2.45) is 5.92 Å². The van der Waals surface area contributed by atoms with Crippen LogP contribution >= 0.6 is 0 Å². The van der Waals surface area contributed by atoms with E-state index in [0.717, 1.165) is 5.92 Å². The Labute approximate surface area is 101 Å². The van der Waals surface area contributed by atoms with Gasteiger partial charge in [0.05, 0.1) is 0 Å². The van der Waals surface area contributed by atoms with Crippen LogP contribution in [0.3, 0.4) is 0 Å². The van der Waals surface area contributed by atoms with Gasteiger partial charge >= 0.3 is 0 Å². The molecule has 96 valence electrons. The van der Waals surface area contributed by atoms with Crippen LogP contribution in [0.1, 0.15) is 26.7 Å². The highest BCUT2D eigenvalue weighted by atomic mass is 15.3. The van der Waals surface area contributed by atoms with Crippen molar-refractivity contribution in [1.29, 1.82) is 0 Å². The molecule has 0 spiro atoms.